The van der Waals surface area contributed by atoms with Crippen LogP contribution in [-0.2, 0) is 30.5 Å². The zero-order valence-electron chi connectivity index (χ0n) is 30.7. The molecule has 50 heavy (non-hydrogen) atoms. The Morgan fingerprint density at radius 2 is 1.54 bits per heavy atom. The molecule has 0 bridgehead atoms. The molecule has 276 valence electrons. The Labute approximate surface area is 297 Å². The highest BCUT2D eigenvalue weighted by molar-refractivity contribution is 6.37. The molecular formula is C38H58N6O6. The molecule has 4 rings (SSSR count). The number of nitrogens with zero attached hydrogens (tertiary/aromatic N) is 2. The Hall–Kier alpha value is -3.96. The van der Waals surface area contributed by atoms with Crippen LogP contribution < -0.4 is 21.7 Å². The van der Waals surface area contributed by atoms with Gasteiger partial charge in [-0.15, -0.1) is 0 Å². The summed E-state index contributed by atoms with van der Waals surface area (Å²) in [5, 5.41) is 8.66. The number of nitrogens with one attached hydrogen (secondary N) is 3. The molecule has 5 atom stereocenters. The highest BCUT2D eigenvalue weighted by Gasteiger charge is 2.47. The summed E-state index contributed by atoms with van der Waals surface area (Å²) in [6.45, 7) is 10.3. The summed E-state index contributed by atoms with van der Waals surface area (Å²) in [6.07, 6.45) is 7.12. The van der Waals surface area contributed by atoms with Gasteiger partial charge in [-0.3, -0.25) is 24.0 Å². The molecule has 12 heteroatoms. The van der Waals surface area contributed by atoms with E-state index in [0.717, 1.165) is 50.5 Å². The molecule has 3 fully saturated rings. The molecule has 0 aromatic heterocycles. The van der Waals surface area contributed by atoms with Crippen molar-refractivity contribution in [2.75, 3.05) is 13.6 Å². The number of rotatable bonds is 14. The second-order valence-electron chi connectivity index (χ2n) is 16.1. The highest BCUT2D eigenvalue weighted by atomic mass is 16.2. The van der Waals surface area contributed by atoms with Crippen molar-refractivity contribution in [3.63, 3.8) is 0 Å². The lowest BCUT2D eigenvalue weighted by molar-refractivity contribution is -0.144. The summed E-state index contributed by atoms with van der Waals surface area (Å²) >= 11 is 0. The molecule has 0 radical (unpaired) electrons. The average Bonchev–Trinajstić information content (AvgIpc) is 3.77. The molecule has 0 spiro atoms. The van der Waals surface area contributed by atoms with E-state index in [4.69, 9.17) is 5.73 Å². The Kier molecular flexibility index (Phi) is 13.1. The fraction of sp³-hybridized carbons (Fsp3) is 0.684. The summed E-state index contributed by atoms with van der Waals surface area (Å²) in [4.78, 5) is 83.9. The van der Waals surface area contributed by atoms with Gasteiger partial charge in [0.25, 0.3) is 5.91 Å². The standard InChI is InChI=1S/C38H58N6O6/c1-23(2)27-19-20-44(30(27)34(47)40-28(21-24-17-18-24)31(45)33(39)46)35(48)29(26-15-11-8-12-16-26)41-37(50)42-32(38(3,4)5)36(49)43(6)22-25-13-9-7-10-14-25/h7,9-10,13-14,23-24,26-30,32H,8,11-12,15-22H2,1-6H3,(H2,39,46)(H,40,47)(H2,41,42,50)/t27-,28?,29+,30+,32-/m1/s1. The number of carbonyl (C=O) groups is 6. The third-order valence-corrected chi connectivity index (χ3v) is 10.7. The van der Waals surface area contributed by atoms with Gasteiger partial charge < -0.3 is 31.5 Å². The number of amides is 6. The number of hydrogen-bond donors (Lipinski definition) is 4. The lowest BCUT2D eigenvalue weighted by atomic mass is 9.82. The smallest absolute Gasteiger partial charge is 0.316 e. The maximum atomic E-state index is 14.6. The van der Waals surface area contributed by atoms with Crippen LogP contribution in [-0.4, -0.2) is 83.0 Å². The van der Waals surface area contributed by atoms with Crippen molar-refractivity contribution in [2.45, 2.75) is 123 Å². The van der Waals surface area contributed by atoms with Crippen LogP contribution in [0.15, 0.2) is 30.3 Å². The molecule has 1 aromatic carbocycles. The van der Waals surface area contributed by atoms with Gasteiger partial charge in [-0.2, -0.15) is 0 Å². The lowest BCUT2D eigenvalue weighted by Gasteiger charge is -2.37. The SMILES string of the molecule is CC(C)[C@H]1CCN(C(=O)[C@@H](NC(=O)N[C@H](C(=O)N(C)Cc2ccccc2)C(C)(C)C)C2CCCCC2)[C@@H]1C(=O)NC(CC1CC1)C(=O)C(N)=O. The molecule has 6 amide bonds. The van der Waals surface area contributed by atoms with Crippen molar-refractivity contribution < 1.29 is 28.8 Å². The van der Waals surface area contributed by atoms with Gasteiger partial charge >= 0.3 is 6.03 Å². The summed E-state index contributed by atoms with van der Waals surface area (Å²) in [7, 11) is 1.71. The number of Topliss-reactive ketones (excluding diaryl/α,β-unsaturated/α-hetero) is 1. The number of ketones is 1. The van der Waals surface area contributed by atoms with Gasteiger partial charge in [-0.05, 0) is 60.3 Å². The number of urea groups is 1. The van der Waals surface area contributed by atoms with E-state index in [1.807, 2.05) is 65.0 Å². The minimum absolute atomic E-state index is 0.0492. The minimum Gasteiger partial charge on any atom is -0.363 e. The van der Waals surface area contributed by atoms with Gasteiger partial charge in [0.15, 0.2) is 0 Å². The predicted molar refractivity (Wildman–Crippen MR) is 190 cm³/mol. The number of hydrogen-bond acceptors (Lipinski definition) is 6. The highest BCUT2D eigenvalue weighted by Crippen LogP contribution is 2.36. The second kappa shape index (κ2) is 16.8. The molecule has 2 aliphatic carbocycles. The van der Waals surface area contributed by atoms with Crippen LogP contribution in [0.1, 0.15) is 98.0 Å². The molecule has 1 heterocycles. The van der Waals surface area contributed by atoms with Gasteiger partial charge in [0.1, 0.15) is 18.1 Å². The normalized spacial score (nSPS) is 21.5. The molecule has 1 unspecified atom stereocenters. The van der Waals surface area contributed by atoms with Crippen LogP contribution in [0.3, 0.4) is 0 Å². The van der Waals surface area contributed by atoms with Crippen molar-refractivity contribution in [1.29, 1.82) is 0 Å². The van der Waals surface area contributed by atoms with Crippen LogP contribution in [0.2, 0.25) is 0 Å². The summed E-state index contributed by atoms with van der Waals surface area (Å²) in [5.41, 5.74) is 5.67. The maximum Gasteiger partial charge on any atom is 0.316 e. The summed E-state index contributed by atoms with van der Waals surface area (Å²) < 4.78 is 0. The first kappa shape index (κ1) is 38.8. The average molecular weight is 695 g/mol. The van der Waals surface area contributed by atoms with E-state index >= 15 is 0 Å². The van der Waals surface area contributed by atoms with Crippen molar-refractivity contribution in [3.8, 4) is 0 Å². The fourth-order valence-corrected chi connectivity index (χ4v) is 7.59. The van der Waals surface area contributed by atoms with Gasteiger partial charge in [0.2, 0.25) is 23.5 Å². The Morgan fingerprint density at radius 3 is 2.10 bits per heavy atom. The van der Waals surface area contributed by atoms with Gasteiger partial charge in [-0.1, -0.05) is 97.1 Å². The first-order chi connectivity index (χ1) is 23.6. The number of nitrogens with two attached hydrogens (primary N) is 1. The Balaban J connectivity index is 1.55. The van der Waals surface area contributed by atoms with Crippen LogP contribution >= 0.6 is 0 Å². The van der Waals surface area contributed by atoms with E-state index in [-0.39, 0.29) is 35.5 Å². The van der Waals surface area contributed by atoms with Gasteiger partial charge in [-0.25, -0.2) is 4.79 Å². The zero-order chi connectivity index (χ0) is 36.7. The third kappa shape index (κ3) is 10.1. The largest absolute Gasteiger partial charge is 0.363 e. The molecule has 1 aliphatic heterocycles. The number of likely N-dealkylation sites (tertiary alicyclic amines) is 1. The summed E-state index contributed by atoms with van der Waals surface area (Å²) in [5.74, 6) is -3.06. The molecule has 12 nitrogen and oxygen atoms in total. The summed E-state index contributed by atoms with van der Waals surface area (Å²) in [6, 6.07) is 5.29. The van der Waals surface area contributed by atoms with Gasteiger partial charge in [0.05, 0.1) is 6.04 Å². The molecule has 1 aromatic rings. The Morgan fingerprint density at radius 1 is 0.900 bits per heavy atom. The molecule has 5 N–H and O–H groups in total. The number of carbonyl (C=O) groups excluding carboxylic acids is 6. The topological polar surface area (TPSA) is 171 Å². The van der Waals surface area contributed by atoms with E-state index in [1.165, 1.54) is 0 Å². The second-order valence-corrected chi connectivity index (χ2v) is 16.1. The molecule has 1 saturated heterocycles. The third-order valence-electron chi connectivity index (χ3n) is 10.7. The van der Waals surface area contributed by atoms with E-state index in [9.17, 15) is 28.8 Å². The van der Waals surface area contributed by atoms with E-state index in [2.05, 4.69) is 16.0 Å². The quantitative estimate of drug-likeness (QED) is 0.217. The van der Waals surface area contributed by atoms with E-state index in [0.29, 0.717) is 25.9 Å². The van der Waals surface area contributed by atoms with Crippen LogP contribution in [0.5, 0.6) is 0 Å². The zero-order valence-corrected chi connectivity index (χ0v) is 30.7. The van der Waals surface area contributed by atoms with E-state index < -0.39 is 53.2 Å². The lowest BCUT2D eigenvalue weighted by Crippen LogP contribution is -2.62. The minimum atomic E-state index is -1.10. The van der Waals surface area contributed by atoms with Crippen LogP contribution in [0.4, 0.5) is 4.79 Å². The first-order valence-corrected chi connectivity index (χ1v) is 18.4. The van der Waals surface area contributed by atoms with Crippen LogP contribution in [0.25, 0.3) is 0 Å². The molecule has 3 aliphatic rings. The van der Waals surface area contributed by atoms with Crippen molar-refractivity contribution >= 4 is 35.4 Å². The number of likely N-dealkylation sites (N-methyl/N-ethyl adjacent to an activating group) is 1. The molecule has 2 saturated carbocycles. The van der Waals surface area contributed by atoms with Crippen molar-refractivity contribution in [1.82, 2.24) is 25.8 Å². The predicted octanol–water partition coefficient (Wildman–Crippen LogP) is 3.52. The fourth-order valence-electron chi connectivity index (χ4n) is 7.59. The first-order valence-electron chi connectivity index (χ1n) is 18.4. The van der Waals surface area contributed by atoms with Crippen LogP contribution in [0, 0.1) is 29.1 Å². The molecular weight excluding hydrogens is 636 g/mol. The monoisotopic (exact) mass is 694 g/mol. The number of primary amides is 1. The van der Waals surface area contributed by atoms with Crippen molar-refractivity contribution in [3.05, 3.63) is 35.9 Å². The number of benzene rings is 1. The van der Waals surface area contributed by atoms with E-state index in [1.54, 1.807) is 16.8 Å². The van der Waals surface area contributed by atoms with Crippen molar-refractivity contribution in [2.24, 2.45) is 34.8 Å². The van der Waals surface area contributed by atoms with Gasteiger partial charge in [0, 0.05) is 20.1 Å². The maximum absolute atomic E-state index is 14.6. The Bertz CT molecular complexity index is 1380.